The fraction of sp³-hybridized carbons (Fsp3) is 0.316. The fourth-order valence-electron chi connectivity index (χ4n) is 2.24. The van der Waals surface area contributed by atoms with Crippen molar-refractivity contribution in [3.8, 4) is 0 Å². The molecule has 1 N–H and O–H groups in total. The van der Waals surface area contributed by atoms with Gasteiger partial charge in [-0.2, -0.15) is 0 Å². The Morgan fingerprint density at radius 2 is 1.77 bits per heavy atom. The summed E-state index contributed by atoms with van der Waals surface area (Å²) in [5, 5.41) is 2.86. The van der Waals surface area contributed by atoms with Crippen LogP contribution in [0.25, 0.3) is 0 Å². The van der Waals surface area contributed by atoms with E-state index in [1.54, 1.807) is 6.07 Å². The number of carbonyl (C=O) groups is 1. The number of amides is 1. The van der Waals surface area contributed by atoms with Gasteiger partial charge < -0.3 is 5.32 Å². The molecule has 0 unspecified atom stereocenters. The Morgan fingerprint density at radius 3 is 2.36 bits per heavy atom. The van der Waals surface area contributed by atoms with Crippen LogP contribution in [0.1, 0.15) is 42.3 Å². The van der Waals surface area contributed by atoms with Crippen LogP contribution in [0.5, 0.6) is 0 Å². The zero-order valence-corrected chi connectivity index (χ0v) is 13.3. The zero-order chi connectivity index (χ0) is 16.2. The molecule has 0 aliphatic rings. The van der Waals surface area contributed by atoms with Gasteiger partial charge in [0.1, 0.15) is 5.82 Å². The van der Waals surface area contributed by atoms with E-state index in [2.05, 4.69) is 26.1 Å². The van der Waals surface area contributed by atoms with Gasteiger partial charge in [-0.1, -0.05) is 45.0 Å². The Balaban J connectivity index is 1.90. The summed E-state index contributed by atoms with van der Waals surface area (Å²) in [7, 11) is 0. The summed E-state index contributed by atoms with van der Waals surface area (Å²) in [4.78, 5) is 12.1. The molecule has 1 amide bonds. The van der Waals surface area contributed by atoms with Gasteiger partial charge in [-0.15, -0.1) is 0 Å². The molecule has 116 valence electrons. The van der Waals surface area contributed by atoms with Gasteiger partial charge in [-0.25, -0.2) is 4.39 Å². The Bertz CT molecular complexity index is 641. The highest BCUT2D eigenvalue weighted by Gasteiger charge is 2.14. The molecule has 22 heavy (non-hydrogen) atoms. The lowest BCUT2D eigenvalue weighted by atomic mass is 9.87. The lowest BCUT2D eigenvalue weighted by Gasteiger charge is -2.19. The van der Waals surface area contributed by atoms with Crippen molar-refractivity contribution in [3.63, 3.8) is 0 Å². The average molecular weight is 299 g/mol. The summed E-state index contributed by atoms with van der Waals surface area (Å²) in [6, 6.07) is 14.1. The minimum absolute atomic E-state index is 0.0758. The first-order valence-corrected chi connectivity index (χ1v) is 7.49. The molecular weight excluding hydrogens is 277 g/mol. The number of halogens is 1. The largest absolute Gasteiger partial charge is 0.352 e. The summed E-state index contributed by atoms with van der Waals surface area (Å²) in [5.41, 5.74) is 2.80. The van der Waals surface area contributed by atoms with Crippen LogP contribution in [0.4, 0.5) is 4.39 Å². The van der Waals surface area contributed by atoms with Crippen LogP contribution in [-0.2, 0) is 11.8 Å². The van der Waals surface area contributed by atoms with E-state index in [1.807, 2.05) is 30.3 Å². The predicted octanol–water partition coefficient (Wildman–Crippen LogP) is 4.10. The molecule has 2 aromatic carbocycles. The van der Waals surface area contributed by atoms with E-state index in [-0.39, 0.29) is 17.1 Å². The maximum atomic E-state index is 13.1. The predicted molar refractivity (Wildman–Crippen MR) is 87.6 cm³/mol. The van der Waals surface area contributed by atoms with Gasteiger partial charge in [0.15, 0.2) is 0 Å². The molecule has 0 saturated carbocycles. The molecule has 2 nitrogen and oxygen atoms in total. The monoisotopic (exact) mass is 299 g/mol. The number of nitrogens with one attached hydrogen (secondary N) is 1. The SMILES string of the molecule is CC(C)(C)c1ccc(C(=O)NCCc2cccc(F)c2)cc1. The van der Waals surface area contributed by atoms with Gasteiger partial charge in [0.25, 0.3) is 5.91 Å². The summed E-state index contributed by atoms with van der Waals surface area (Å²) in [6.45, 7) is 6.91. The molecule has 0 fully saturated rings. The Labute approximate surface area is 131 Å². The van der Waals surface area contributed by atoms with E-state index in [0.717, 1.165) is 5.56 Å². The van der Waals surface area contributed by atoms with Gasteiger partial charge in [-0.3, -0.25) is 4.79 Å². The zero-order valence-electron chi connectivity index (χ0n) is 13.3. The highest BCUT2D eigenvalue weighted by atomic mass is 19.1. The van der Waals surface area contributed by atoms with Gasteiger partial charge in [0.05, 0.1) is 0 Å². The third kappa shape index (κ3) is 4.42. The van der Waals surface area contributed by atoms with Crippen molar-refractivity contribution in [3.05, 3.63) is 71.0 Å². The first-order chi connectivity index (χ1) is 10.4. The summed E-state index contributed by atoms with van der Waals surface area (Å²) in [6.07, 6.45) is 0.615. The Morgan fingerprint density at radius 1 is 1.09 bits per heavy atom. The molecule has 0 heterocycles. The van der Waals surface area contributed by atoms with E-state index in [9.17, 15) is 9.18 Å². The third-order valence-electron chi connectivity index (χ3n) is 3.60. The second kappa shape index (κ2) is 6.73. The molecule has 0 aliphatic heterocycles. The van der Waals surface area contributed by atoms with Gasteiger partial charge in [0.2, 0.25) is 0 Å². The molecule has 0 atom stereocenters. The standard InChI is InChI=1S/C19H22FNO/c1-19(2,3)16-9-7-15(8-10-16)18(22)21-12-11-14-5-4-6-17(20)13-14/h4-10,13H,11-12H2,1-3H3,(H,21,22). The first kappa shape index (κ1) is 16.2. The maximum absolute atomic E-state index is 13.1. The molecule has 0 radical (unpaired) electrons. The normalized spacial score (nSPS) is 11.3. The van der Waals surface area contributed by atoms with E-state index in [0.29, 0.717) is 18.5 Å². The van der Waals surface area contributed by atoms with Crippen molar-refractivity contribution >= 4 is 5.91 Å². The van der Waals surface area contributed by atoms with Crippen LogP contribution < -0.4 is 5.32 Å². The van der Waals surface area contributed by atoms with Crippen LogP contribution in [0.2, 0.25) is 0 Å². The van der Waals surface area contributed by atoms with Crippen molar-refractivity contribution in [1.29, 1.82) is 0 Å². The Kier molecular flexibility index (Phi) is 4.96. The summed E-state index contributed by atoms with van der Waals surface area (Å²) in [5.74, 6) is -0.349. The molecule has 2 aromatic rings. The number of hydrogen-bond donors (Lipinski definition) is 1. The molecular formula is C19H22FNO. The summed E-state index contributed by atoms with van der Waals surface area (Å²) >= 11 is 0. The number of rotatable bonds is 4. The number of hydrogen-bond acceptors (Lipinski definition) is 1. The third-order valence-corrected chi connectivity index (χ3v) is 3.60. The smallest absolute Gasteiger partial charge is 0.251 e. The first-order valence-electron chi connectivity index (χ1n) is 7.49. The minimum atomic E-state index is -0.249. The van der Waals surface area contributed by atoms with Crippen molar-refractivity contribution in [2.24, 2.45) is 0 Å². The van der Waals surface area contributed by atoms with Crippen LogP contribution in [0, 0.1) is 5.82 Å². The highest BCUT2D eigenvalue weighted by Crippen LogP contribution is 2.22. The molecule has 2 rings (SSSR count). The Hall–Kier alpha value is -2.16. The fourth-order valence-corrected chi connectivity index (χ4v) is 2.24. The van der Waals surface area contributed by atoms with E-state index in [1.165, 1.54) is 17.7 Å². The van der Waals surface area contributed by atoms with Gasteiger partial charge >= 0.3 is 0 Å². The summed E-state index contributed by atoms with van der Waals surface area (Å²) < 4.78 is 13.1. The van der Waals surface area contributed by atoms with Gasteiger partial charge in [-0.05, 0) is 47.2 Å². The number of benzene rings is 2. The van der Waals surface area contributed by atoms with Gasteiger partial charge in [0, 0.05) is 12.1 Å². The van der Waals surface area contributed by atoms with Crippen LogP contribution in [0.15, 0.2) is 48.5 Å². The van der Waals surface area contributed by atoms with Crippen LogP contribution in [0.3, 0.4) is 0 Å². The lowest BCUT2D eigenvalue weighted by molar-refractivity contribution is 0.0954. The second-order valence-electron chi connectivity index (χ2n) is 6.46. The van der Waals surface area contributed by atoms with Crippen molar-refractivity contribution in [1.82, 2.24) is 5.32 Å². The molecule has 0 aliphatic carbocycles. The highest BCUT2D eigenvalue weighted by molar-refractivity contribution is 5.94. The van der Waals surface area contributed by atoms with Crippen molar-refractivity contribution in [2.45, 2.75) is 32.6 Å². The molecule has 0 spiro atoms. The second-order valence-corrected chi connectivity index (χ2v) is 6.46. The van der Waals surface area contributed by atoms with E-state index >= 15 is 0 Å². The maximum Gasteiger partial charge on any atom is 0.251 e. The minimum Gasteiger partial charge on any atom is -0.352 e. The lowest BCUT2D eigenvalue weighted by Crippen LogP contribution is -2.25. The number of carbonyl (C=O) groups excluding carboxylic acids is 1. The van der Waals surface area contributed by atoms with E-state index in [4.69, 9.17) is 0 Å². The molecule has 3 heteroatoms. The van der Waals surface area contributed by atoms with Crippen molar-refractivity contribution in [2.75, 3.05) is 6.54 Å². The van der Waals surface area contributed by atoms with E-state index < -0.39 is 0 Å². The van der Waals surface area contributed by atoms with Crippen molar-refractivity contribution < 1.29 is 9.18 Å². The topological polar surface area (TPSA) is 29.1 Å². The molecule has 0 bridgehead atoms. The van der Waals surface area contributed by atoms with Crippen LogP contribution in [-0.4, -0.2) is 12.5 Å². The quantitative estimate of drug-likeness (QED) is 0.905. The molecule has 0 saturated heterocycles. The van der Waals surface area contributed by atoms with Crippen LogP contribution >= 0.6 is 0 Å². The molecule has 0 aromatic heterocycles. The average Bonchev–Trinajstić information content (AvgIpc) is 2.46.